The zero-order valence-corrected chi connectivity index (χ0v) is 15.9. The van der Waals surface area contributed by atoms with E-state index in [1.807, 2.05) is 30.7 Å². The molecule has 0 spiro atoms. The van der Waals surface area contributed by atoms with Gasteiger partial charge in [0.05, 0.1) is 28.7 Å². The predicted octanol–water partition coefficient (Wildman–Crippen LogP) is 2.56. The van der Waals surface area contributed by atoms with Gasteiger partial charge in [0.2, 0.25) is 11.8 Å². The van der Waals surface area contributed by atoms with Gasteiger partial charge in [-0.25, -0.2) is 0 Å². The number of amides is 2. The zero-order chi connectivity index (χ0) is 19.0. The van der Waals surface area contributed by atoms with Crippen molar-refractivity contribution in [1.82, 2.24) is 19.7 Å². The molecule has 0 saturated carbocycles. The SMILES string of the molecule is CC(=O)N1Cc2cccnc2C(C(=O)Nc2c(C)nn(C(C)C)c2C)C1. The highest BCUT2D eigenvalue weighted by Gasteiger charge is 2.33. The third-order valence-corrected chi connectivity index (χ3v) is 4.84. The number of nitrogens with zero attached hydrogens (tertiary/aromatic N) is 4. The molecule has 7 nitrogen and oxygen atoms in total. The molecule has 26 heavy (non-hydrogen) atoms. The highest BCUT2D eigenvalue weighted by atomic mass is 16.2. The van der Waals surface area contributed by atoms with Gasteiger partial charge in [-0.2, -0.15) is 5.10 Å². The van der Waals surface area contributed by atoms with Gasteiger partial charge in [0.25, 0.3) is 0 Å². The summed E-state index contributed by atoms with van der Waals surface area (Å²) in [5.74, 6) is -0.701. The second kappa shape index (κ2) is 6.90. The fraction of sp³-hybridized carbons (Fsp3) is 0.474. The van der Waals surface area contributed by atoms with Gasteiger partial charge in [0.15, 0.2) is 0 Å². The summed E-state index contributed by atoms with van der Waals surface area (Å²) in [7, 11) is 0. The standard InChI is InChI=1S/C19H25N5O2/c1-11(2)24-13(4)17(12(3)22-24)21-19(26)16-10-23(14(5)25)9-15-7-6-8-20-18(15)16/h6-8,11,16H,9-10H2,1-5H3,(H,21,26). The molecule has 0 bridgehead atoms. The molecule has 0 saturated heterocycles. The lowest BCUT2D eigenvalue weighted by Crippen LogP contribution is -2.41. The van der Waals surface area contributed by atoms with Gasteiger partial charge in [-0.1, -0.05) is 6.07 Å². The van der Waals surface area contributed by atoms with E-state index in [2.05, 4.69) is 29.2 Å². The summed E-state index contributed by atoms with van der Waals surface area (Å²) < 4.78 is 1.90. The molecule has 3 rings (SSSR count). The molecule has 138 valence electrons. The van der Waals surface area contributed by atoms with Gasteiger partial charge in [0, 0.05) is 32.3 Å². The van der Waals surface area contributed by atoms with Gasteiger partial charge < -0.3 is 10.2 Å². The van der Waals surface area contributed by atoms with E-state index >= 15 is 0 Å². The van der Waals surface area contributed by atoms with Crippen LogP contribution in [0, 0.1) is 13.8 Å². The summed E-state index contributed by atoms with van der Waals surface area (Å²) in [4.78, 5) is 31.0. The van der Waals surface area contributed by atoms with E-state index in [1.165, 1.54) is 6.92 Å². The molecule has 0 aliphatic carbocycles. The molecule has 2 aromatic heterocycles. The van der Waals surface area contributed by atoms with E-state index in [9.17, 15) is 9.59 Å². The number of anilines is 1. The molecule has 2 aromatic rings. The molecule has 2 amide bonds. The molecular weight excluding hydrogens is 330 g/mol. The van der Waals surface area contributed by atoms with Gasteiger partial charge in [-0.3, -0.25) is 19.3 Å². The van der Waals surface area contributed by atoms with Crippen LogP contribution in [0.15, 0.2) is 18.3 Å². The van der Waals surface area contributed by atoms with Crippen LogP contribution in [0.4, 0.5) is 5.69 Å². The molecule has 1 aliphatic heterocycles. The number of rotatable bonds is 3. The largest absolute Gasteiger partial charge is 0.337 e. The average molecular weight is 355 g/mol. The number of aromatic nitrogens is 3. The number of aryl methyl sites for hydroxylation is 1. The number of fused-ring (bicyclic) bond motifs is 1. The first-order valence-corrected chi connectivity index (χ1v) is 8.85. The maximum Gasteiger partial charge on any atom is 0.235 e. The van der Waals surface area contributed by atoms with Crippen molar-refractivity contribution in [2.75, 3.05) is 11.9 Å². The minimum Gasteiger partial charge on any atom is -0.337 e. The summed E-state index contributed by atoms with van der Waals surface area (Å²) in [5.41, 5.74) is 4.10. The van der Waals surface area contributed by atoms with E-state index in [0.717, 1.165) is 28.3 Å². The third-order valence-electron chi connectivity index (χ3n) is 4.84. The lowest BCUT2D eigenvalue weighted by molar-refractivity contribution is -0.131. The zero-order valence-electron chi connectivity index (χ0n) is 15.9. The summed E-state index contributed by atoms with van der Waals surface area (Å²) in [6.07, 6.45) is 1.69. The number of hydrogen-bond donors (Lipinski definition) is 1. The Kier molecular flexibility index (Phi) is 4.80. The van der Waals surface area contributed by atoms with Crippen molar-refractivity contribution in [3.05, 3.63) is 41.0 Å². The molecule has 7 heteroatoms. The van der Waals surface area contributed by atoms with E-state index in [4.69, 9.17) is 0 Å². The Morgan fingerprint density at radius 3 is 2.65 bits per heavy atom. The monoisotopic (exact) mass is 355 g/mol. The maximum absolute atomic E-state index is 13.1. The van der Waals surface area contributed by atoms with Gasteiger partial charge in [0.1, 0.15) is 0 Å². The van der Waals surface area contributed by atoms with Crippen molar-refractivity contribution in [1.29, 1.82) is 0 Å². The van der Waals surface area contributed by atoms with Crippen LogP contribution in [-0.4, -0.2) is 38.0 Å². The lowest BCUT2D eigenvalue weighted by atomic mass is 9.93. The van der Waals surface area contributed by atoms with E-state index in [-0.39, 0.29) is 17.9 Å². The van der Waals surface area contributed by atoms with Crippen LogP contribution in [0.5, 0.6) is 0 Å². The quantitative estimate of drug-likeness (QED) is 0.917. The molecule has 1 aliphatic rings. The minimum atomic E-state index is -0.495. The van der Waals surface area contributed by atoms with Crippen molar-refractivity contribution in [3.8, 4) is 0 Å². The fourth-order valence-corrected chi connectivity index (χ4v) is 3.48. The maximum atomic E-state index is 13.1. The normalized spacial score (nSPS) is 16.5. The van der Waals surface area contributed by atoms with Crippen LogP contribution in [-0.2, 0) is 16.1 Å². The molecule has 0 fully saturated rings. The Balaban J connectivity index is 1.91. The Labute approximate surface area is 153 Å². The van der Waals surface area contributed by atoms with Crippen molar-refractivity contribution >= 4 is 17.5 Å². The van der Waals surface area contributed by atoms with Gasteiger partial charge in [-0.05, 0) is 39.3 Å². The highest BCUT2D eigenvalue weighted by molar-refractivity contribution is 5.97. The molecule has 1 N–H and O–H groups in total. The molecule has 1 atom stereocenters. The topological polar surface area (TPSA) is 80.1 Å². The Morgan fingerprint density at radius 1 is 1.31 bits per heavy atom. The van der Waals surface area contributed by atoms with E-state index < -0.39 is 5.92 Å². The fourth-order valence-electron chi connectivity index (χ4n) is 3.48. The summed E-state index contributed by atoms with van der Waals surface area (Å²) in [6.45, 7) is 10.3. The number of pyridine rings is 1. The van der Waals surface area contributed by atoms with Crippen LogP contribution >= 0.6 is 0 Å². The van der Waals surface area contributed by atoms with Crippen molar-refractivity contribution in [2.45, 2.75) is 53.1 Å². The lowest BCUT2D eigenvalue weighted by Gasteiger charge is -2.32. The summed E-state index contributed by atoms with van der Waals surface area (Å²) in [6, 6.07) is 3.97. The first kappa shape index (κ1) is 18.1. The second-order valence-corrected chi connectivity index (χ2v) is 7.07. The highest BCUT2D eigenvalue weighted by Crippen LogP contribution is 2.29. The summed E-state index contributed by atoms with van der Waals surface area (Å²) in [5, 5.41) is 7.54. The Bertz CT molecular complexity index is 856. The number of nitrogens with one attached hydrogen (secondary N) is 1. The third kappa shape index (κ3) is 3.21. The molecular formula is C19H25N5O2. The minimum absolute atomic E-state index is 0.0442. The predicted molar refractivity (Wildman–Crippen MR) is 98.8 cm³/mol. The Morgan fingerprint density at radius 2 is 2.04 bits per heavy atom. The average Bonchev–Trinajstić information content (AvgIpc) is 2.89. The van der Waals surface area contributed by atoms with Crippen LogP contribution in [0.3, 0.4) is 0 Å². The van der Waals surface area contributed by atoms with Crippen molar-refractivity contribution in [2.24, 2.45) is 0 Å². The first-order chi connectivity index (χ1) is 12.3. The van der Waals surface area contributed by atoms with Crippen LogP contribution in [0.1, 0.15) is 55.4 Å². The number of carbonyl (C=O) groups excluding carboxylic acids is 2. The van der Waals surface area contributed by atoms with Crippen molar-refractivity contribution < 1.29 is 9.59 Å². The summed E-state index contributed by atoms with van der Waals surface area (Å²) >= 11 is 0. The first-order valence-electron chi connectivity index (χ1n) is 8.85. The molecule has 0 aromatic carbocycles. The smallest absolute Gasteiger partial charge is 0.235 e. The molecule has 1 unspecified atom stereocenters. The van der Waals surface area contributed by atoms with E-state index in [1.54, 1.807) is 11.1 Å². The van der Waals surface area contributed by atoms with Gasteiger partial charge in [-0.15, -0.1) is 0 Å². The molecule has 3 heterocycles. The van der Waals surface area contributed by atoms with Crippen molar-refractivity contribution in [3.63, 3.8) is 0 Å². The van der Waals surface area contributed by atoms with Gasteiger partial charge >= 0.3 is 0 Å². The second-order valence-electron chi connectivity index (χ2n) is 7.07. The van der Waals surface area contributed by atoms with Crippen LogP contribution < -0.4 is 5.32 Å². The van der Waals surface area contributed by atoms with Crippen LogP contribution in [0.2, 0.25) is 0 Å². The number of carbonyl (C=O) groups is 2. The van der Waals surface area contributed by atoms with E-state index in [0.29, 0.717) is 13.1 Å². The number of hydrogen-bond acceptors (Lipinski definition) is 4. The molecule has 0 radical (unpaired) electrons. The van der Waals surface area contributed by atoms with Crippen LogP contribution in [0.25, 0.3) is 0 Å². The Hall–Kier alpha value is -2.70.